The fourth-order valence-electron chi connectivity index (χ4n) is 3.94. The Bertz CT molecular complexity index is 1380. The first-order chi connectivity index (χ1) is 14.8. The van der Waals surface area contributed by atoms with E-state index in [0.717, 1.165) is 34.2 Å². The van der Waals surface area contributed by atoms with E-state index in [4.69, 9.17) is 8.83 Å². The van der Waals surface area contributed by atoms with E-state index in [-0.39, 0.29) is 0 Å². The summed E-state index contributed by atoms with van der Waals surface area (Å²) in [5, 5.41) is 4.84. The van der Waals surface area contributed by atoms with Gasteiger partial charge in [0.05, 0.1) is 0 Å². The monoisotopic (exact) mass is 386 g/mol. The van der Waals surface area contributed by atoms with Crippen molar-refractivity contribution < 1.29 is 8.83 Å². The van der Waals surface area contributed by atoms with E-state index in [2.05, 4.69) is 84.9 Å². The van der Waals surface area contributed by atoms with Gasteiger partial charge >= 0.3 is 0 Å². The van der Waals surface area contributed by atoms with Gasteiger partial charge in [0.2, 0.25) is 0 Å². The molecule has 0 aliphatic carbocycles. The summed E-state index contributed by atoms with van der Waals surface area (Å²) < 4.78 is 12.3. The lowest BCUT2D eigenvalue weighted by Gasteiger charge is -2.01. The first-order valence-electron chi connectivity index (χ1n) is 10.0. The Labute approximate surface area is 174 Å². The summed E-state index contributed by atoms with van der Waals surface area (Å²) in [6.45, 7) is 0. The van der Waals surface area contributed by atoms with E-state index in [9.17, 15) is 0 Å². The van der Waals surface area contributed by atoms with Crippen LogP contribution in [0.5, 0.6) is 0 Å². The smallest absolute Gasteiger partial charge is 0.170 e. The zero-order valence-corrected chi connectivity index (χ0v) is 16.2. The number of hydrogen-bond acceptors (Lipinski definition) is 2. The highest BCUT2D eigenvalue weighted by molar-refractivity contribution is 5.87. The van der Waals surface area contributed by atoms with Crippen molar-refractivity contribution in [3.63, 3.8) is 0 Å². The van der Waals surface area contributed by atoms with Gasteiger partial charge in [-0.05, 0) is 57.9 Å². The maximum Gasteiger partial charge on any atom is 0.170 e. The summed E-state index contributed by atoms with van der Waals surface area (Å²) >= 11 is 0. The molecule has 0 N–H and O–H groups in total. The molecular weight excluding hydrogens is 368 g/mol. The van der Waals surface area contributed by atoms with E-state index in [1.807, 2.05) is 24.3 Å². The molecule has 0 spiro atoms. The van der Waals surface area contributed by atoms with E-state index in [1.165, 1.54) is 21.5 Å². The van der Waals surface area contributed by atoms with Crippen molar-refractivity contribution in [1.82, 2.24) is 0 Å². The van der Waals surface area contributed by atoms with Crippen LogP contribution in [0.15, 0.2) is 118 Å². The maximum absolute atomic E-state index is 6.13. The Morgan fingerprint density at radius 1 is 0.333 bits per heavy atom. The van der Waals surface area contributed by atoms with Crippen LogP contribution in [-0.4, -0.2) is 0 Å². The van der Waals surface area contributed by atoms with Crippen LogP contribution < -0.4 is 0 Å². The molecule has 0 radical (unpaired) electrons. The highest BCUT2D eigenvalue weighted by Gasteiger charge is 2.12. The van der Waals surface area contributed by atoms with Crippen molar-refractivity contribution in [2.75, 3.05) is 0 Å². The molecule has 0 fully saturated rings. The number of rotatable bonds is 3. The Morgan fingerprint density at radius 2 is 0.733 bits per heavy atom. The molecule has 0 bridgehead atoms. The number of furan rings is 2. The third kappa shape index (κ3) is 2.90. The van der Waals surface area contributed by atoms with Gasteiger partial charge in [-0.2, -0.15) is 0 Å². The zero-order valence-electron chi connectivity index (χ0n) is 16.2. The van der Waals surface area contributed by atoms with Gasteiger partial charge in [-0.3, -0.25) is 0 Å². The minimum atomic E-state index is 0.727. The van der Waals surface area contributed by atoms with Crippen LogP contribution in [0, 0.1) is 0 Å². The third-order valence-electron chi connectivity index (χ3n) is 5.52. The van der Waals surface area contributed by atoms with Crippen LogP contribution in [-0.2, 0) is 0 Å². The van der Waals surface area contributed by atoms with Gasteiger partial charge in [0.15, 0.2) is 11.5 Å². The van der Waals surface area contributed by atoms with Crippen molar-refractivity contribution in [3.05, 3.63) is 109 Å². The summed E-state index contributed by atoms with van der Waals surface area (Å²) in [6.07, 6.45) is 0. The van der Waals surface area contributed by atoms with Gasteiger partial charge in [0.25, 0.3) is 0 Å². The van der Waals surface area contributed by atoms with Gasteiger partial charge in [-0.25, -0.2) is 0 Å². The van der Waals surface area contributed by atoms with Crippen LogP contribution in [0.2, 0.25) is 0 Å². The lowest BCUT2D eigenvalue weighted by atomic mass is 10.1. The minimum Gasteiger partial charge on any atom is -0.453 e. The Kier molecular flexibility index (Phi) is 3.82. The average Bonchev–Trinajstić information content (AvgIpc) is 3.48. The molecule has 0 aliphatic rings. The number of benzene rings is 4. The van der Waals surface area contributed by atoms with Crippen molar-refractivity contribution >= 4 is 21.5 Å². The minimum absolute atomic E-state index is 0.727. The van der Waals surface area contributed by atoms with Gasteiger partial charge in [0.1, 0.15) is 11.5 Å². The standard InChI is InChI=1S/C28H18O2/c1-3-7-21-17-23(11-9-19(21)5-1)25-13-15-27(29-25)28-16-14-26(30-28)24-12-10-20-6-2-4-8-22(20)18-24/h1-18H. The lowest BCUT2D eigenvalue weighted by Crippen LogP contribution is -1.76. The molecular formula is C28H18O2. The van der Waals surface area contributed by atoms with E-state index < -0.39 is 0 Å². The molecule has 2 aromatic heterocycles. The van der Waals surface area contributed by atoms with Gasteiger partial charge in [0, 0.05) is 11.1 Å². The number of hydrogen-bond donors (Lipinski definition) is 0. The van der Waals surface area contributed by atoms with Crippen molar-refractivity contribution in [2.45, 2.75) is 0 Å². The molecule has 142 valence electrons. The molecule has 0 unspecified atom stereocenters. The Hall–Kier alpha value is -4.04. The predicted molar refractivity (Wildman–Crippen MR) is 122 cm³/mol. The van der Waals surface area contributed by atoms with Crippen LogP contribution in [0.3, 0.4) is 0 Å². The van der Waals surface area contributed by atoms with Crippen LogP contribution in [0.4, 0.5) is 0 Å². The van der Waals surface area contributed by atoms with E-state index in [0.29, 0.717) is 0 Å². The summed E-state index contributed by atoms with van der Waals surface area (Å²) in [7, 11) is 0. The molecule has 0 atom stereocenters. The van der Waals surface area contributed by atoms with Gasteiger partial charge in [-0.1, -0.05) is 72.8 Å². The van der Waals surface area contributed by atoms with E-state index in [1.54, 1.807) is 0 Å². The van der Waals surface area contributed by atoms with Gasteiger partial charge in [-0.15, -0.1) is 0 Å². The molecule has 0 amide bonds. The third-order valence-corrected chi connectivity index (χ3v) is 5.52. The quantitative estimate of drug-likeness (QED) is 0.306. The Morgan fingerprint density at radius 3 is 1.20 bits per heavy atom. The van der Waals surface area contributed by atoms with E-state index >= 15 is 0 Å². The fourth-order valence-corrected chi connectivity index (χ4v) is 3.94. The van der Waals surface area contributed by atoms with Crippen molar-refractivity contribution in [1.29, 1.82) is 0 Å². The van der Waals surface area contributed by atoms with Crippen molar-refractivity contribution in [3.8, 4) is 34.2 Å². The number of fused-ring (bicyclic) bond motifs is 2. The molecule has 0 saturated heterocycles. The first kappa shape index (κ1) is 16.9. The summed E-state index contributed by atoms with van der Waals surface area (Å²) in [4.78, 5) is 0. The SMILES string of the molecule is c1ccc2cc(-c3ccc(-c4ccc(-c5ccc6ccccc6c5)o4)o3)ccc2c1. The normalized spacial score (nSPS) is 11.3. The first-order valence-corrected chi connectivity index (χ1v) is 10.0. The molecule has 6 aromatic rings. The van der Waals surface area contributed by atoms with Crippen LogP contribution in [0.25, 0.3) is 55.7 Å². The lowest BCUT2D eigenvalue weighted by molar-refractivity contribution is 0.539. The average molecular weight is 386 g/mol. The maximum atomic E-state index is 6.13. The molecule has 30 heavy (non-hydrogen) atoms. The molecule has 0 aliphatic heterocycles. The van der Waals surface area contributed by atoms with Crippen molar-refractivity contribution in [2.24, 2.45) is 0 Å². The van der Waals surface area contributed by atoms with Crippen LogP contribution >= 0.6 is 0 Å². The topological polar surface area (TPSA) is 26.3 Å². The predicted octanol–water partition coefficient (Wildman–Crippen LogP) is 8.18. The molecule has 4 aromatic carbocycles. The Balaban J connectivity index is 1.33. The molecule has 0 saturated carbocycles. The van der Waals surface area contributed by atoms with Crippen LogP contribution in [0.1, 0.15) is 0 Å². The second-order valence-corrected chi connectivity index (χ2v) is 7.45. The second-order valence-electron chi connectivity index (χ2n) is 7.45. The zero-order chi connectivity index (χ0) is 19.9. The summed E-state index contributed by atoms with van der Waals surface area (Å²) in [6, 6.07) is 37.3. The summed E-state index contributed by atoms with van der Waals surface area (Å²) in [5.41, 5.74) is 2.11. The molecule has 2 nitrogen and oxygen atoms in total. The summed E-state index contributed by atoms with van der Waals surface area (Å²) in [5.74, 6) is 3.12. The second kappa shape index (κ2) is 6.78. The molecule has 6 rings (SSSR count). The fraction of sp³-hybridized carbons (Fsp3) is 0. The highest BCUT2D eigenvalue weighted by Crippen LogP contribution is 2.34. The molecule has 2 heterocycles. The highest BCUT2D eigenvalue weighted by atomic mass is 16.4. The molecule has 2 heteroatoms. The largest absolute Gasteiger partial charge is 0.453 e. The van der Waals surface area contributed by atoms with Gasteiger partial charge < -0.3 is 8.83 Å².